The number of aliphatic imine (C=N–C) groups is 1. The molecule has 0 radical (unpaired) electrons. The lowest BCUT2D eigenvalue weighted by Gasteiger charge is -2.06. The molecule has 0 saturated heterocycles. The van der Waals surface area contributed by atoms with Crippen LogP contribution in [0.5, 0.6) is 0 Å². The zero-order valence-corrected chi connectivity index (χ0v) is 9.75. The normalized spacial score (nSPS) is 10.5. The van der Waals surface area contributed by atoms with Crippen molar-refractivity contribution in [3.63, 3.8) is 0 Å². The Bertz CT molecular complexity index is 393. The van der Waals surface area contributed by atoms with Gasteiger partial charge in [-0.1, -0.05) is 11.6 Å². The van der Waals surface area contributed by atoms with Gasteiger partial charge in [-0.3, -0.25) is 0 Å². The zero-order chi connectivity index (χ0) is 11.4. The van der Waals surface area contributed by atoms with Crippen LogP contribution in [-0.4, -0.2) is 41.4 Å². The molecule has 0 spiro atoms. The lowest BCUT2D eigenvalue weighted by atomic mass is 10.3. The van der Waals surface area contributed by atoms with E-state index in [9.17, 15) is 4.79 Å². The maximum absolute atomic E-state index is 10.2. The fourth-order valence-corrected chi connectivity index (χ4v) is 1.49. The van der Waals surface area contributed by atoms with E-state index in [4.69, 9.17) is 11.6 Å². The molecular weight excluding hydrogens is 216 g/mol. The van der Waals surface area contributed by atoms with E-state index in [1.165, 1.54) is 10.8 Å². The van der Waals surface area contributed by atoms with E-state index >= 15 is 0 Å². The smallest absolute Gasteiger partial charge is 0.242 e. The standard InChI is InChI=1S/C9H13ClN4O/c1-13(2)5-4-7-8(10)9(11-6-15)14(3)12-7/h4-5H2,1-3H3. The minimum absolute atomic E-state index is 0.362. The van der Waals surface area contributed by atoms with Crippen LogP contribution >= 0.6 is 11.6 Å². The summed E-state index contributed by atoms with van der Waals surface area (Å²) in [5.41, 5.74) is 0.752. The molecule has 6 heteroatoms. The lowest BCUT2D eigenvalue weighted by molar-refractivity contribution is 0.411. The number of carbonyl (C=O) groups excluding carboxylic acids is 1. The monoisotopic (exact) mass is 228 g/mol. The molecule has 0 atom stereocenters. The summed E-state index contributed by atoms with van der Waals surface area (Å²) in [5, 5.41) is 4.62. The predicted octanol–water partition coefficient (Wildman–Crippen LogP) is 1.14. The van der Waals surface area contributed by atoms with Crippen LogP contribution in [0.4, 0.5) is 5.82 Å². The number of rotatable bonds is 4. The number of aromatic nitrogens is 2. The Labute approximate surface area is 93.3 Å². The van der Waals surface area contributed by atoms with Crippen molar-refractivity contribution in [3.05, 3.63) is 10.7 Å². The van der Waals surface area contributed by atoms with Gasteiger partial charge in [0.25, 0.3) is 0 Å². The number of isocyanates is 1. The third-order valence-corrected chi connectivity index (χ3v) is 2.36. The number of likely N-dealkylation sites (N-methyl/N-ethyl adjacent to an activating group) is 1. The molecule has 0 bridgehead atoms. The second-order valence-corrected chi connectivity index (χ2v) is 3.84. The highest BCUT2D eigenvalue weighted by Gasteiger charge is 2.13. The second-order valence-electron chi connectivity index (χ2n) is 3.46. The molecule has 15 heavy (non-hydrogen) atoms. The molecule has 1 aromatic heterocycles. The maximum atomic E-state index is 10.2. The third-order valence-electron chi connectivity index (χ3n) is 1.97. The van der Waals surface area contributed by atoms with Gasteiger partial charge in [0.2, 0.25) is 6.08 Å². The van der Waals surface area contributed by atoms with Gasteiger partial charge < -0.3 is 4.90 Å². The first-order valence-corrected chi connectivity index (χ1v) is 4.88. The van der Waals surface area contributed by atoms with Crippen LogP contribution in [0.1, 0.15) is 5.69 Å². The maximum Gasteiger partial charge on any atom is 0.242 e. The Morgan fingerprint density at radius 3 is 2.80 bits per heavy atom. The fourth-order valence-electron chi connectivity index (χ4n) is 1.20. The largest absolute Gasteiger partial charge is 0.309 e. The van der Waals surface area contributed by atoms with Gasteiger partial charge >= 0.3 is 0 Å². The summed E-state index contributed by atoms with van der Waals surface area (Å²) in [7, 11) is 5.64. The highest BCUT2D eigenvalue weighted by atomic mass is 35.5. The molecule has 0 unspecified atom stereocenters. The summed E-state index contributed by atoms with van der Waals surface area (Å²) in [6.45, 7) is 0.848. The molecule has 0 fully saturated rings. The number of halogens is 1. The van der Waals surface area contributed by atoms with Crippen LogP contribution in [0.25, 0.3) is 0 Å². The molecule has 0 amide bonds. The first kappa shape index (κ1) is 11.9. The predicted molar refractivity (Wildman–Crippen MR) is 58.3 cm³/mol. The van der Waals surface area contributed by atoms with Crippen LogP contribution in [0.3, 0.4) is 0 Å². The highest BCUT2D eigenvalue weighted by molar-refractivity contribution is 6.33. The molecule has 1 aromatic rings. The zero-order valence-electron chi connectivity index (χ0n) is 8.99. The van der Waals surface area contributed by atoms with Crippen molar-refractivity contribution < 1.29 is 4.79 Å². The summed E-state index contributed by atoms with van der Waals surface area (Å²) < 4.78 is 1.48. The summed E-state index contributed by atoms with van der Waals surface area (Å²) in [6, 6.07) is 0. The molecule has 1 heterocycles. The molecular formula is C9H13ClN4O. The first-order chi connectivity index (χ1) is 7.06. The minimum Gasteiger partial charge on any atom is -0.309 e. The molecule has 5 nitrogen and oxygen atoms in total. The highest BCUT2D eigenvalue weighted by Crippen LogP contribution is 2.27. The summed E-state index contributed by atoms with van der Waals surface area (Å²) >= 11 is 6.02. The van der Waals surface area contributed by atoms with Gasteiger partial charge in [0.1, 0.15) is 5.02 Å². The molecule has 0 aliphatic rings. The summed E-state index contributed by atoms with van der Waals surface area (Å²) in [5.74, 6) is 0.362. The van der Waals surface area contributed by atoms with Crippen molar-refractivity contribution >= 4 is 23.5 Å². The third kappa shape index (κ3) is 2.89. The second kappa shape index (κ2) is 5.07. The van der Waals surface area contributed by atoms with Crippen LogP contribution < -0.4 is 0 Å². The van der Waals surface area contributed by atoms with E-state index < -0.39 is 0 Å². The number of aryl methyl sites for hydroxylation is 1. The van der Waals surface area contributed by atoms with Crippen molar-refractivity contribution in [2.24, 2.45) is 12.0 Å². The van der Waals surface area contributed by atoms with Gasteiger partial charge in [-0.2, -0.15) is 5.10 Å². The van der Waals surface area contributed by atoms with Crippen molar-refractivity contribution in [2.45, 2.75) is 6.42 Å². The SMILES string of the molecule is CN(C)CCc1nn(C)c(N=C=O)c1Cl. The average Bonchev–Trinajstić information content (AvgIpc) is 2.43. The quantitative estimate of drug-likeness (QED) is 0.574. The van der Waals surface area contributed by atoms with E-state index in [0.717, 1.165) is 18.7 Å². The summed E-state index contributed by atoms with van der Waals surface area (Å²) in [6.07, 6.45) is 2.19. The van der Waals surface area contributed by atoms with Gasteiger partial charge in [0.05, 0.1) is 5.69 Å². The van der Waals surface area contributed by atoms with Crippen molar-refractivity contribution in [1.82, 2.24) is 14.7 Å². The summed E-state index contributed by atoms with van der Waals surface area (Å²) in [4.78, 5) is 15.7. The Kier molecular flexibility index (Phi) is 4.03. The topological polar surface area (TPSA) is 50.5 Å². The molecule has 1 rings (SSSR count). The molecule has 0 N–H and O–H groups in total. The van der Waals surface area contributed by atoms with Crippen molar-refractivity contribution in [2.75, 3.05) is 20.6 Å². The van der Waals surface area contributed by atoms with Crippen LogP contribution in [-0.2, 0) is 18.3 Å². The van der Waals surface area contributed by atoms with E-state index in [1.54, 1.807) is 7.05 Å². The van der Waals surface area contributed by atoms with Gasteiger partial charge in [-0.15, -0.1) is 4.99 Å². The van der Waals surface area contributed by atoms with E-state index in [1.807, 2.05) is 19.0 Å². The number of hydrogen-bond donors (Lipinski definition) is 0. The van der Waals surface area contributed by atoms with Gasteiger partial charge in [-0.25, -0.2) is 9.48 Å². The van der Waals surface area contributed by atoms with Crippen molar-refractivity contribution in [3.8, 4) is 0 Å². The van der Waals surface area contributed by atoms with Gasteiger partial charge in [0, 0.05) is 20.0 Å². The van der Waals surface area contributed by atoms with Crippen LogP contribution in [0, 0.1) is 0 Å². The van der Waals surface area contributed by atoms with E-state index in [2.05, 4.69) is 10.1 Å². The van der Waals surface area contributed by atoms with Crippen molar-refractivity contribution in [1.29, 1.82) is 0 Å². The number of nitrogens with zero attached hydrogens (tertiary/aromatic N) is 4. The first-order valence-electron chi connectivity index (χ1n) is 4.50. The Morgan fingerprint density at radius 1 is 1.60 bits per heavy atom. The molecule has 0 aromatic carbocycles. The van der Waals surface area contributed by atoms with E-state index in [0.29, 0.717) is 10.8 Å². The molecule has 82 valence electrons. The Morgan fingerprint density at radius 2 is 2.27 bits per heavy atom. The number of hydrogen-bond acceptors (Lipinski definition) is 4. The Hall–Kier alpha value is -1.16. The fraction of sp³-hybridized carbons (Fsp3) is 0.556. The van der Waals surface area contributed by atoms with Crippen LogP contribution in [0.2, 0.25) is 5.02 Å². The minimum atomic E-state index is 0.362. The molecule has 0 aliphatic heterocycles. The molecule has 0 saturated carbocycles. The van der Waals surface area contributed by atoms with Crippen LogP contribution in [0.15, 0.2) is 4.99 Å². The lowest BCUT2D eigenvalue weighted by Crippen LogP contribution is -2.15. The van der Waals surface area contributed by atoms with Gasteiger partial charge in [0.15, 0.2) is 5.82 Å². The van der Waals surface area contributed by atoms with E-state index in [-0.39, 0.29) is 0 Å². The molecule has 0 aliphatic carbocycles. The van der Waals surface area contributed by atoms with Gasteiger partial charge in [-0.05, 0) is 14.1 Å². The Balaban J connectivity index is 2.91. The average molecular weight is 229 g/mol.